The van der Waals surface area contributed by atoms with E-state index in [-0.39, 0.29) is 12.4 Å². The van der Waals surface area contributed by atoms with Crippen molar-refractivity contribution >= 4 is 11.8 Å². The fraction of sp³-hybridized carbons (Fsp3) is 0.333. The minimum atomic E-state index is -0.700. The molecule has 0 amide bonds. The van der Waals surface area contributed by atoms with Gasteiger partial charge in [0.2, 0.25) is 0 Å². The van der Waals surface area contributed by atoms with Crippen molar-refractivity contribution in [1.82, 2.24) is 0 Å². The standard InChI is InChI=1S/C21H24O4/c1-16(22)20(21(23)25-15-18-8-4-3-5-9-18)13-7-11-17-10-6-12-19(14-17)24-2/h3-6,8-10,12,14,20H,7,11,13,15H2,1-2H3. The van der Waals surface area contributed by atoms with Crippen molar-refractivity contribution < 1.29 is 19.1 Å². The van der Waals surface area contributed by atoms with Crippen LogP contribution in [0.1, 0.15) is 30.9 Å². The third-order valence-electron chi connectivity index (χ3n) is 4.09. The maximum atomic E-state index is 12.2. The van der Waals surface area contributed by atoms with Crippen molar-refractivity contribution in [3.8, 4) is 5.75 Å². The summed E-state index contributed by atoms with van der Waals surface area (Å²) in [6.45, 7) is 1.64. The molecule has 0 saturated heterocycles. The molecule has 2 aromatic carbocycles. The highest BCUT2D eigenvalue weighted by atomic mass is 16.5. The van der Waals surface area contributed by atoms with Gasteiger partial charge in [0.1, 0.15) is 24.1 Å². The van der Waals surface area contributed by atoms with E-state index in [4.69, 9.17) is 9.47 Å². The first kappa shape index (κ1) is 18.7. The van der Waals surface area contributed by atoms with Gasteiger partial charge in [0.25, 0.3) is 0 Å². The van der Waals surface area contributed by atoms with E-state index < -0.39 is 11.9 Å². The molecular formula is C21H24O4. The number of methoxy groups -OCH3 is 1. The fourth-order valence-corrected chi connectivity index (χ4v) is 2.65. The highest BCUT2D eigenvalue weighted by molar-refractivity contribution is 5.97. The van der Waals surface area contributed by atoms with E-state index in [2.05, 4.69) is 0 Å². The Morgan fingerprint density at radius 2 is 1.72 bits per heavy atom. The Morgan fingerprint density at radius 1 is 1.00 bits per heavy atom. The van der Waals surface area contributed by atoms with Crippen molar-refractivity contribution in [2.24, 2.45) is 5.92 Å². The molecular weight excluding hydrogens is 316 g/mol. The number of esters is 1. The summed E-state index contributed by atoms with van der Waals surface area (Å²) in [5.41, 5.74) is 2.04. The van der Waals surface area contributed by atoms with Gasteiger partial charge >= 0.3 is 5.97 Å². The van der Waals surface area contributed by atoms with Gasteiger partial charge in [-0.2, -0.15) is 0 Å². The van der Waals surface area contributed by atoms with Crippen LogP contribution in [0.3, 0.4) is 0 Å². The lowest BCUT2D eigenvalue weighted by Crippen LogP contribution is -2.24. The van der Waals surface area contributed by atoms with E-state index in [1.807, 2.05) is 54.6 Å². The molecule has 0 bridgehead atoms. The quantitative estimate of drug-likeness (QED) is 0.512. The Balaban J connectivity index is 1.85. The SMILES string of the molecule is COc1cccc(CCCC(C(C)=O)C(=O)OCc2ccccc2)c1. The largest absolute Gasteiger partial charge is 0.497 e. The predicted molar refractivity (Wildman–Crippen MR) is 96.3 cm³/mol. The van der Waals surface area contributed by atoms with Crippen molar-refractivity contribution in [1.29, 1.82) is 0 Å². The van der Waals surface area contributed by atoms with Crippen LogP contribution in [0, 0.1) is 5.92 Å². The van der Waals surface area contributed by atoms with Crippen LogP contribution >= 0.6 is 0 Å². The summed E-state index contributed by atoms with van der Waals surface area (Å²) in [5.74, 6) is -0.483. The molecule has 0 aliphatic heterocycles. The molecule has 0 fully saturated rings. The summed E-state index contributed by atoms with van der Waals surface area (Å²) >= 11 is 0. The molecule has 1 unspecified atom stereocenters. The summed E-state index contributed by atoms with van der Waals surface area (Å²) in [6.07, 6.45) is 2.00. The minimum Gasteiger partial charge on any atom is -0.497 e. The topological polar surface area (TPSA) is 52.6 Å². The number of carbonyl (C=O) groups is 2. The van der Waals surface area contributed by atoms with Gasteiger partial charge < -0.3 is 9.47 Å². The van der Waals surface area contributed by atoms with E-state index in [0.717, 1.165) is 29.7 Å². The van der Waals surface area contributed by atoms with Crippen LogP contribution < -0.4 is 4.74 Å². The molecule has 132 valence electrons. The van der Waals surface area contributed by atoms with Crippen LogP contribution in [-0.2, 0) is 27.4 Å². The first-order valence-electron chi connectivity index (χ1n) is 8.44. The molecule has 2 aromatic rings. The number of Topliss-reactive ketones (excluding diaryl/α,β-unsaturated/α-hetero) is 1. The zero-order chi connectivity index (χ0) is 18.1. The summed E-state index contributed by atoms with van der Waals surface area (Å²) < 4.78 is 10.5. The Bertz CT molecular complexity index is 694. The second kappa shape index (κ2) is 9.62. The van der Waals surface area contributed by atoms with Crippen LogP contribution in [-0.4, -0.2) is 18.9 Å². The molecule has 0 aromatic heterocycles. The number of benzene rings is 2. The van der Waals surface area contributed by atoms with Crippen LogP contribution in [0.2, 0.25) is 0 Å². The number of hydrogen-bond donors (Lipinski definition) is 0. The van der Waals surface area contributed by atoms with Crippen molar-refractivity contribution in [2.75, 3.05) is 7.11 Å². The molecule has 4 heteroatoms. The van der Waals surface area contributed by atoms with Crippen LogP contribution in [0.5, 0.6) is 5.75 Å². The normalized spacial score (nSPS) is 11.6. The lowest BCUT2D eigenvalue weighted by Gasteiger charge is -2.13. The Hall–Kier alpha value is -2.62. The van der Waals surface area contributed by atoms with Gasteiger partial charge in [-0.05, 0) is 49.4 Å². The molecule has 2 rings (SSSR count). The van der Waals surface area contributed by atoms with Crippen LogP contribution in [0.15, 0.2) is 54.6 Å². The van der Waals surface area contributed by atoms with E-state index >= 15 is 0 Å². The van der Waals surface area contributed by atoms with E-state index in [0.29, 0.717) is 6.42 Å². The fourth-order valence-electron chi connectivity index (χ4n) is 2.65. The van der Waals surface area contributed by atoms with Gasteiger partial charge in [-0.1, -0.05) is 42.5 Å². The monoisotopic (exact) mass is 340 g/mol. The number of hydrogen-bond acceptors (Lipinski definition) is 4. The van der Waals surface area contributed by atoms with E-state index in [1.54, 1.807) is 7.11 Å². The zero-order valence-electron chi connectivity index (χ0n) is 14.7. The highest BCUT2D eigenvalue weighted by Gasteiger charge is 2.24. The molecule has 4 nitrogen and oxygen atoms in total. The lowest BCUT2D eigenvalue weighted by atomic mass is 9.96. The van der Waals surface area contributed by atoms with Gasteiger partial charge in [-0.15, -0.1) is 0 Å². The zero-order valence-corrected chi connectivity index (χ0v) is 14.7. The summed E-state index contributed by atoms with van der Waals surface area (Å²) in [6, 6.07) is 17.3. The highest BCUT2D eigenvalue weighted by Crippen LogP contribution is 2.18. The van der Waals surface area contributed by atoms with Crippen LogP contribution in [0.25, 0.3) is 0 Å². The molecule has 0 N–H and O–H groups in total. The average molecular weight is 340 g/mol. The molecule has 0 aliphatic carbocycles. The van der Waals surface area contributed by atoms with Crippen molar-refractivity contribution in [3.05, 3.63) is 65.7 Å². The van der Waals surface area contributed by atoms with Gasteiger partial charge in [0, 0.05) is 0 Å². The molecule has 25 heavy (non-hydrogen) atoms. The predicted octanol–water partition coefficient (Wildman–Crippen LogP) is 3.97. The van der Waals surface area contributed by atoms with Gasteiger partial charge in [-0.3, -0.25) is 9.59 Å². The lowest BCUT2D eigenvalue weighted by molar-refractivity contribution is -0.153. The van der Waals surface area contributed by atoms with Gasteiger partial charge in [0.15, 0.2) is 0 Å². The summed E-state index contributed by atoms with van der Waals surface area (Å²) in [7, 11) is 1.63. The van der Waals surface area contributed by atoms with Crippen molar-refractivity contribution in [3.63, 3.8) is 0 Å². The second-order valence-electron chi connectivity index (χ2n) is 6.00. The molecule has 0 saturated carbocycles. The van der Waals surface area contributed by atoms with E-state index in [1.165, 1.54) is 6.92 Å². The van der Waals surface area contributed by atoms with Crippen LogP contribution in [0.4, 0.5) is 0 Å². The number of rotatable bonds is 9. The molecule has 0 aliphatic rings. The maximum Gasteiger partial charge on any atom is 0.316 e. The number of carbonyl (C=O) groups excluding carboxylic acids is 2. The van der Waals surface area contributed by atoms with Gasteiger partial charge in [-0.25, -0.2) is 0 Å². The molecule has 1 atom stereocenters. The number of ether oxygens (including phenoxy) is 2. The van der Waals surface area contributed by atoms with Crippen molar-refractivity contribution in [2.45, 2.75) is 32.8 Å². The first-order chi connectivity index (χ1) is 12.1. The third kappa shape index (κ3) is 6.07. The molecule has 0 spiro atoms. The smallest absolute Gasteiger partial charge is 0.316 e. The van der Waals surface area contributed by atoms with E-state index in [9.17, 15) is 9.59 Å². The Kier molecular flexibility index (Phi) is 7.20. The Morgan fingerprint density at radius 3 is 2.40 bits per heavy atom. The van der Waals surface area contributed by atoms with Gasteiger partial charge in [0.05, 0.1) is 7.11 Å². The average Bonchev–Trinajstić information content (AvgIpc) is 2.64. The molecule has 0 radical (unpaired) electrons. The number of ketones is 1. The third-order valence-corrected chi connectivity index (χ3v) is 4.09. The summed E-state index contributed by atoms with van der Waals surface area (Å²) in [4.78, 5) is 24.1. The first-order valence-corrected chi connectivity index (χ1v) is 8.44. The number of aryl methyl sites for hydroxylation is 1. The maximum absolute atomic E-state index is 12.2. The second-order valence-corrected chi connectivity index (χ2v) is 6.00. The molecule has 0 heterocycles. The minimum absolute atomic E-state index is 0.149. The Labute approximate surface area is 148 Å². The summed E-state index contributed by atoms with van der Waals surface area (Å²) in [5, 5.41) is 0.